The Morgan fingerprint density at radius 2 is 1.63 bits per heavy atom. The van der Waals surface area contributed by atoms with E-state index in [4.69, 9.17) is 4.74 Å². The molecule has 1 amide bonds. The van der Waals surface area contributed by atoms with E-state index >= 15 is 0 Å². The van der Waals surface area contributed by atoms with Crippen molar-refractivity contribution < 1.29 is 19.4 Å². The molecule has 0 aromatic heterocycles. The third kappa shape index (κ3) is 3.88. The van der Waals surface area contributed by atoms with Crippen LogP contribution in [0.4, 0.5) is 5.69 Å². The van der Waals surface area contributed by atoms with Gasteiger partial charge in [-0.15, -0.1) is 0 Å². The van der Waals surface area contributed by atoms with E-state index in [9.17, 15) is 14.7 Å². The summed E-state index contributed by atoms with van der Waals surface area (Å²) in [7, 11) is 0. The summed E-state index contributed by atoms with van der Waals surface area (Å²) in [5.41, 5.74) is -0.402. The maximum Gasteiger partial charge on any atom is 0.264 e. The van der Waals surface area contributed by atoms with E-state index < -0.39 is 11.5 Å². The molecule has 0 spiro atoms. The van der Waals surface area contributed by atoms with Crippen molar-refractivity contribution in [2.75, 3.05) is 18.1 Å². The minimum atomic E-state index is -1.90. The Bertz CT molecular complexity index is 1070. The molecule has 0 bridgehead atoms. The molecule has 1 heterocycles. The summed E-state index contributed by atoms with van der Waals surface area (Å²) in [6.45, 7) is 0.528. The molecular weight excluding hydrogens is 446 g/mol. The number of benzene rings is 3. The molecule has 3 aromatic carbocycles. The number of halogens is 1. The van der Waals surface area contributed by atoms with Crippen LogP contribution < -0.4 is 9.64 Å². The van der Waals surface area contributed by atoms with Crippen LogP contribution in [-0.2, 0) is 10.4 Å². The van der Waals surface area contributed by atoms with Crippen LogP contribution in [-0.4, -0.2) is 29.9 Å². The summed E-state index contributed by atoms with van der Waals surface area (Å²) >= 11 is 3.34. The molecule has 1 aliphatic rings. The first-order valence-electron chi connectivity index (χ1n) is 9.59. The highest BCUT2D eigenvalue weighted by atomic mass is 79.9. The fourth-order valence-electron chi connectivity index (χ4n) is 3.64. The number of carbonyl (C=O) groups excluding carboxylic acids is 2. The molecule has 0 aliphatic carbocycles. The van der Waals surface area contributed by atoms with Crippen molar-refractivity contribution in [3.05, 3.63) is 94.5 Å². The molecule has 0 radical (unpaired) electrons. The van der Waals surface area contributed by atoms with Gasteiger partial charge in [0.25, 0.3) is 5.91 Å². The number of aliphatic hydroxyl groups is 1. The Morgan fingerprint density at radius 1 is 0.967 bits per heavy atom. The largest absolute Gasteiger partial charge is 0.492 e. The second kappa shape index (κ2) is 8.42. The monoisotopic (exact) mass is 465 g/mol. The normalized spacial score (nSPS) is 17.7. The number of ketones is 1. The number of anilines is 1. The van der Waals surface area contributed by atoms with Crippen LogP contribution in [0.1, 0.15) is 22.3 Å². The lowest BCUT2D eigenvalue weighted by Gasteiger charge is -2.23. The Labute approximate surface area is 183 Å². The predicted octanol–water partition coefficient (Wildman–Crippen LogP) is 4.34. The summed E-state index contributed by atoms with van der Waals surface area (Å²) < 4.78 is 6.57. The van der Waals surface area contributed by atoms with E-state index in [1.807, 2.05) is 30.3 Å². The molecule has 1 atom stereocenters. The van der Waals surface area contributed by atoms with Gasteiger partial charge in [0.1, 0.15) is 12.4 Å². The highest BCUT2D eigenvalue weighted by Crippen LogP contribution is 2.42. The second-order valence-electron chi connectivity index (χ2n) is 7.10. The molecule has 1 N–H and O–H groups in total. The van der Waals surface area contributed by atoms with Gasteiger partial charge in [-0.25, -0.2) is 0 Å². The molecule has 0 fully saturated rings. The quantitative estimate of drug-likeness (QED) is 0.527. The van der Waals surface area contributed by atoms with E-state index in [-0.39, 0.29) is 25.4 Å². The van der Waals surface area contributed by atoms with Crippen molar-refractivity contribution in [2.24, 2.45) is 0 Å². The Morgan fingerprint density at radius 3 is 2.37 bits per heavy atom. The van der Waals surface area contributed by atoms with Gasteiger partial charge in [-0.2, -0.15) is 0 Å². The molecule has 30 heavy (non-hydrogen) atoms. The molecule has 6 heteroatoms. The third-order valence-electron chi connectivity index (χ3n) is 5.15. The summed E-state index contributed by atoms with van der Waals surface area (Å²) in [6, 6.07) is 23.2. The van der Waals surface area contributed by atoms with Gasteiger partial charge in [0.15, 0.2) is 11.4 Å². The molecule has 0 saturated heterocycles. The second-order valence-corrected chi connectivity index (χ2v) is 8.02. The fourth-order valence-corrected chi connectivity index (χ4v) is 3.91. The Hall–Kier alpha value is -2.96. The maximum atomic E-state index is 13.2. The molecular formula is C24H20BrNO4. The number of amides is 1. The van der Waals surface area contributed by atoms with Crippen molar-refractivity contribution in [2.45, 2.75) is 12.0 Å². The van der Waals surface area contributed by atoms with E-state index in [0.717, 1.165) is 4.47 Å². The van der Waals surface area contributed by atoms with E-state index in [1.165, 1.54) is 4.90 Å². The highest BCUT2D eigenvalue weighted by Gasteiger charge is 2.50. The van der Waals surface area contributed by atoms with Crippen LogP contribution >= 0.6 is 15.9 Å². The zero-order chi connectivity index (χ0) is 21.1. The molecule has 5 nitrogen and oxygen atoms in total. The molecule has 0 saturated carbocycles. The van der Waals surface area contributed by atoms with Crippen LogP contribution in [0.25, 0.3) is 0 Å². The third-order valence-corrected chi connectivity index (χ3v) is 5.68. The number of ether oxygens (including phenoxy) is 1. The minimum absolute atomic E-state index is 0.263. The van der Waals surface area contributed by atoms with Crippen LogP contribution in [0.15, 0.2) is 83.3 Å². The first kappa shape index (κ1) is 20.3. The topological polar surface area (TPSA) is 66.8 Å². The van der Waals surface area contributed by atoms with Crippen molar-refractivity contribution in [3.8, 4) is 5.75 Å². The zero-order valence-corrected chi connectivity index (χ0v) is 17.7. The number of carbonyl (C=O) groups is 2. The Kier molecular flexibility index (Phi) is 5.70. The van der Waals surface area contributed by atoms with Crippen LogP contribution in [0.5, 0.6) is 5.75 Å². The van der Waals surface area contributed by atoms with Crippen molar-refractivity contribution in [1.29, 1.82) is 0 Å². The fraction of sp³-hybridized carbons (Fsp3) is 0.167. The summed E-state index contributed by atoms with van der Waals surface area (Å²) in [5.74, 6) is -0.0977. The van der Waals surface area contributed by atoms with Gasteiger partial charge in [0, 0.05) is 15.6 Å². The lowest BCUT2D eigenvalue weighted by atomic mass is 9.88. The zero-order valence-electron chi connectivity index (χ0n) is 16.1. The molecule has 1 aliphatic heterocycles. The van der Waals surface area contributed by atoms with E-state index in [0.29, 0.717) is 22.6 Å². The number of para-hydroxylation sites is 2. The molecule has 152 valence electrons. The van der Waals surface area contributed by atoms with Gasteiger partial charge in [-0.1, -0.05) is 64.5 Å². The molecule has 1 unspecified atom stereocenters. The van der Waals surface area contributed by atoms with Gasteiger partial charge < -0.3 is 14.7 Å². The van der Waals surface area contributed by atoms with E-state index in [2.05, 4.69) is 15.9 Å². The van der Waals surface area contributed by atoms with Gasteiger partial charge in [-0.3, -0.25) is 9.59 Å². The van der Waals surface area contributed by atoms with Crippen LogP contribution in [0, 0.1) is 0 Å². The van der Waals surface area contributed by atoms with Crippen molar-refractivity contribution >= 4 is 33.3 Å². The number of Topliss-reactive ketones (excluding diaryl/α,β-unsaturated/α-hetero) is 1. The number of nitrogens with zero attached hydrogens (tertiary/aromatic N) is 1. The first-order chi connectivity index (χ1) is 14.5. The molecule has 3 aromatic rings. The summed E-state index contributed by atoms with van der Waals surface area (Å²) in [6.07, 6.45) is -0.319. The predicted molar refractivity (Wildman–Crippen MR) is 118 cm³/mol. The maximum absolute atomic E-state index is 13.2. The first-order valence-corrected chi connectivity index (χ1v) is 10.4. The smallest absolute Gasteiger partial charge is 0.264 e. The summed E-state index contributed by atoms with van der Waals surface area (Å²) in [5, 5.41) is 11.3. The van der Waals surface area contributed by atoms with E-state index in [1.54, 1.807) is 48.5 Å². The lowest BCUT2D eigenvalue weighted by Crippen LogP contribution is -2.43. The average molecular weight is 466 g/mol. The van der Waals surface area contributed by atoms with Crippen molar-refractivity contribution in [3.63, 3.8) is 0 Å². The number of hydrogen-bond donors (Lipinski definition) is 1. The van der Waals surface area contributed by atoms with Gasteiger partial charge in [0.2, 0.25) is 0 Å². The Balaban J connectivity index is 1.54. The number of hydrogen-bond acceptors (Lipinski definition) is 4. The number of fused-ring (bicyclic) bond motifs is 1. The van der Waals surface area contributed by atoms with Crippen LogP contribution in [0.2, 0.25) is 0 Å². The standard InChI is InChI=1S/C24H20BrNO4/c25-18-12-10-17(11-13-18)22(27)16-24(29)20-8-4-5-9-21(20)26(23(24)28)14-15-30-19-6-2-1-3-7-19/h1-13,29H,14-16H2. The minimum Gasteiger partial charge on any atom is -0.492 e. The highest BCUT2D eigenvalue weighted by molar-refractivity contribution is 9.10. The number of rotatable bonds is 7. The lowest BCUT2D eigenvalue weighted by molar-refractivity contribution is -0.135. The molecule has 4 rings (SSSR count). The SMILES string of the molecule is O=C(CC1(O)C(=O)N(CCOc2ccccc2)c2ccccc21)c1ccc(Br)cc1. The van der Waals surface area contributed by atoms with Gasteiger partial charge >= 0.3 is 0 Å². The van der Waals surface area contributed by atoms with Crippen LogP contribution in [0.3, 0.4) is 0 Å². The van der Waals surface area contributed by atoms with Gasteiger partial charge in [-0.05, 0) is 30.3 Å². The average Bonchev–Trinajstić information content (AvgIpc) is 2.97. The summed E-state index contributed by atoms with van der Waals surface area (Å²) in [4.78, 5) is 27.5. The van der Waals surface area contributed by atoms with Crippen molar-refractivity contribution in [1.82, 2.24) is 0 Å². The van der Waals surface area contributed by atoms with Gasteiger partial charge in [0.05, 0.1) is 18.7 Å².